The van der Waals surface area contributed by atoms with Gasteiger partial charge >= 0.3 is 11.9 Å². The van der Waals surface area contributed by atoms with Crippen LogP contribution in [0, 0.1) is 6.92 Å². The van der Waals surface area contributed by atoms with Crippen LogP contribution in [-0.2, 0) is 19.1 Å². The van der Waals surface area contributed by atoms with Gasteiger partial charge in [0.1, 0.15) is 5.76 Å². The Labute approximate surface area is 128 Å². The van der Waals surface area contributed by atoms with Crippen LogP contribution in [-0.4, -0.2) is 26.2 Å². The van der Waals surface area contributed by atoms with Crippen LogP contribution in [0.4, 0.5) is 0 Å². The number of rotatable bonds is 3. The number of nitrogens with one attached hydrogen (secondary N) is 1. The van der Waals surface area contributed by atoms with Gasteiger partial charge < -0.3 is 19.2 Å². The molecule has 2 rings (SSSR count). The maximum absolute atomic E-state index is 12.2. The average Bonchev–Trinajstić information content (AvgIpc) is 2.91. The quantitative estimate of drug-likeness (QED) is 0.862. The van der Waals surface area contributed by atoms with Gasteiger partial charge in [-0.05, 0) is 32.4 Å². The number of hydrogen-bond acceptors (Lipinski definition) is 6. The van der Waals surface area contributed by atoms with Crippen molar-refractivity contribution in [2.45, 2.75) is 26.7 Å². The summed E-state index contributed by atoms with van der Waals surface area (Å²) in [5, 5.41) is 3.04. The molecule has 0 fully saturated rings. The van der Waals surface area contributed by atoms with E-state index in [2.05, 4.69) is 5.32 Å². The van der Waals surface area contributed by atoms with Crippen LogP contribution in [0.15, 0.2) is 39.3 Å². The predicted molar refractivity (Wildman–Crippen MR) is 78.8 cm³/mol. The molecular formula is C16H19NO5. The summed E-state index contributed by atoms with van der Waals surface area (Å²) in [5.41, 5.74) is 2.77. The van der Waals surface area contributed by atoms with Crippen LogP contribution in [0.3, 0.4) is 0 Å². The first-order valence-corrected chi connectivity index (χ1v) is 6.81. The Kier molecular flexibility index (Phi) is 4.40. The van der Waals surface area contributed by atoms with Gasteiger partial charge in [-0.25, -0.2) is 9.59 Å². The summed E-state index contributed by atoms with van der Waals surface area (Å²) < 4.78 is 15.3. The highest BCUT2D eigenvalue weighted by molar-refractivity contribution is 5.99. The molecule has 0 saturated heterocycles. The molecule has 0 saturated carbocycles. The third-order valence-corrected chi connectivity index (χ3v) is 3.73. The number of esters is 2. The third-order valence-electron chi connectivity index (χ3n) is 3.73. The number of ether oxygens (including phenoxy) is 2. The second-order valence-electron chi connectivity index (χ2n) is 5.09. The molecule has 1 aromatic heterocycles. The van der Waals surface area contributed by atoms with Crippen molar-refractivity contribution >= 4 is 11.9 Å². The van der Waals surface area contributed by atoms with Gasteiger partial charge in [-0.15, -0.1) is 0 Å². The minimum atomic E-state index is -0.656. The van der Waals surface area contributed by atoms with Crippen molar-refractivity contribution < 1.29 is 23.5 Å². The van der Waals surface area contributed by atoms with Crippen molar-refractivity contribution in [3.63, 3.8) is 0 Å². The molecule has 0 bridgehead atoms. The molecule has 0 atom stereocenters. The Morgan fingerprint density at radius 1 is 1.05 bits per heavy atom. The predicted octanol–water partition coefficient (Wildman–Crippen LogP) is 2.17. The molecule has 0 aromatic carbocycles. The second kappa shape index (κ2) is 6.09. The Balaban J connectivity index is 2.69. The highest BCUT2D eigenvalue weighted by atomic mass is 16.5. The van der Waals surface area contributed by atoms with E-state index in [-0.39, 0.29) is 0 Å². The fourth-order valence-corrected chi connectivity index (χ4v) is 2.70. The van der Waals surface area contributed by atoms with Gasteiger partial charge in [-0.2, -0.15) is 0 Å². The molecule has 0 unspecified atom stereocenters. The van der Waals surface area contributed by atoms with Crippen molar-refractivity contribution in [3.8, 4) is 0 Å². The normalized spacial score (nSPS) is 15.7. The topological polar surface area (TPSA) is 77.8 Å². The minimum Gasteiger partial charge on any atom is -0.468 e. The summed E-state index contributed by atoms with van der Waals surface area (Å²) in [5.74, 6) is -1.16. The van der Waals surface area contributed by atoms with Gasteiger partial charge in [0, 0.05) is 11.4 Å². The monoisotopic (exact) mass is 305 g/mol. The van der Waals surface area contributed by atoms with Gasteiger partial charge in [-0.1, -0.05) is 0 Å². The number of hydrogen-bond donors (Lipinski definition) is 1. The minimum absolute atomic E-state index is 0.339. The fraction of sp³-hybridized carbons (Fsp3) is 0.375. The SMILES string of the molecule is COC(=O)C1=C(C)NC(C)=C(C(=O)OC)C1c1occc1C. The van der Waals surface area contributed by atoms with E-state index in [9.17, 15) is 9.59 Å². The van der Waals surface area contributed by atoms with E-state index < -0.39 is 17.9 Å². The molecule has 118 valence electrons. The number of methoxy groups -OCH3 is 2. The average molecular weight is 305 g/mol. The largest absolute Gasteiger partial charge is 0.468 e. The fourth-order valence-electron chi connectivity index (χ4n) is 2.70. The first-order valence-electron chi connectivity index (χ1n) is 6.81. The maximum atomic E-state index is 12.2. The Hall–Kier alpha value is -2.50. The molecule has 1 aromatic rings. The van der Waals surface area contributed by atoms with E-state index in [0.717, 1.165) is 5.56 Å². The highest BCUT2D eigenvalue weighted by Gasteiger charge is 2.39. The van der Waals surface area contributed by atoms with Gasteiger partial charge in [0.25, 0.3) is 0 Å². The molecule has 1 N–H and O–H groups in total. The van der Waals surface area contributed by atoms with E-state index in [1.54, 1.807) is 19.9 Å². The first-order chi connectivity index (χ1) is 10.4. The zero-order valence-electron chi connectivity index (χ0n) is 13.3. The third kappa shape index (κ3) is 2.52. The number of carbonyl (C=O) groups excluding carboxylic acids is 2. The number of dihydropyridines is 1. The smallest absolute Gasteiger partial charge is 0.336 e. The van der Waals surface area contributed by atoms with Crippen molar-refractivity contribution in [1.82, 2.24) is 5.32 Å². The zero-order valence-corrected chi connectivity index (χ0v) is 13.3. The summed E-state index contributed by atoms with van der Waals surface area (Å²) in [6.07, 6.45) is 1.53. The standard InChI is InChI=1S/C16H19NO5/c1-8-6-7-22-14(8)13-11(15(18)20-4)9(2)17-10(3)12(13)16(19)21-5/h6-7,13,17H,1-5H3. The van der Waals surface area contributed by atoms with Gasteiger partial charge in [-0.3, -0.25) is 0 Å². The summed E-state index contributed by atoms with van der Waals surface area (Å²) >= 11 is 0. The Bertz CT molecular complexity index is 642. The van der Waals surface area contributed by atoms with E-state index in [1.165, 1.54) is 20.5 Å². The Morgan fingerprint density at radius 2 is 1.55 bits per heavy atom. The molecule has 1 aliphatic heterocycles. The lowest BCUT2D eigenvalue weighted by molar-refractivity contribution is -0.137. The van der Waals surface area contributed by atoms with Crippen molar-refractivity contribution in [3.05, 3.63) is 46.2 Å². The van der Waals surface area contributed by atoms with E-state index >= 15 is 0 Å². The van der Waals surface area contributed by atoms with Crippen LogP contribution < -0.4 is 5.32 Å². The zero-order chi connectivity index (χ0) is 16.4. The molecule has 0 spiro atoms. The van der Waals surface area contributed by atoms with Gasteiger partial charge in [0.2, 0.25) is 0 Å². The highest BCUT2D eigenvalue weighted by Crippen LogP contribution is 2.40. The van der Waals surface area contributed by atoms with Crippen molar-refractivity contribution in [1.29, 1.82) is 0 Å². The molecule has 6 nitrogen and oxygen atoms in total. The number of carbonyl (C=O) groups is 2. The van der Waals surface area contributed by atoms with E-state index in [4.69, 9.17) is 13.9 Å². The van der Waals surface area contributed by atoms with Crippen LogP contribution >= 0.6 is 0 Å². The summed E-state index contributed by atoms with van der Waals surface area (Å²) in [7, 11) is 2.61. The van der Waals surface area contributed by atoms with Crippen molar-refractivity contribution in [2.24, 2.45) is 0 Å². The molecule has 1 aliphatic rings. The molecule has 0 radical (unpaired) electrons. The maximum Gasteiger partial charge on any atom is 0.336 e. The van der Waals surface area contributed by atoms with Crippen LogP contribution in [0.25, 0.3) is 0 Å². The van der Waals surface area contributed by atoms with Gasteiger partial charge in [0.05, 0.1) is 37.5 Å². The summed E-state index contributed by atoms with van der Waals surface area (Å²) in [6.45, 7) is 5.37. The lowest BCUT2D eigenvalue weighted by atomic mass is 9.82. The van der Waals surface area contributed by atoms with Crippen molar-refractivity contribution in [2.75, 3.05) is 14.2 Å². The van der Waals surface area contributed by atoms with Crippen LogP contribution in [0.5, 0.6) is 0 Å². The summed E-state index contributed by atoms with van der Waals surface area (Å²) in [4.78, 5) is 24.4. The van der Waals surface area contributed by atoms with Crippen LogP contribution in [0.1, 0.15) is 31.1 Å². The number of furan rings is 1. The first kappa shape index (κ1) is 15.9. The molecular weight excluding hydrogens is 286 g/mol. The van der Waals surface area contributed by atoms with Gasteiger partial charge in [0.15, 0.2) is 0 Å². The van der Waals surface area contributed by atoms with E-state index in [1.807, 2.05) is 6.92 Å². The molecule has 0 aliphatic carbocycles. The molecule has 22 heavy (non-hydrogen) atoms. The number of allylic oxidation sites excluding steroid dienone is 2. The number of aryl methyl sites for hydroxylation is 1. The Morgan fingerprint density at radius 3 is 1.91 bits per heavy atom. The second-order valence-corrected chi connectivity index (χ2v) is 5.09. The molecule has 0 amide bonds. The summed E-state index contributed by atoms with van der Waals surface area (Å²) in [6, 6.07) is 1.78. The molecule has 6 heteroatoms. The van der Waals surface area contributed by atoms with Crippen LogP contribution in [0.2, 0.25) is 0 Å². The molecule has 2 heterocycles. The van der Waals surface area contributed by atoms with E-state index in [0.29, 0.717) is 28.3 Å². The lowest BCUT2D eigenvalue weighted by Crippen LogP contribution is -2.32. The lowest BCUT2D eigenvalue weighted by Gasteiger charge is -2.28.